The molecule has 0 radical (unpaired) electrons. The SMILES string of the molecule is Cl.O=C(Cc1ccc(-n2cnnn2)cc1)NC1CCCNC1. The monoisotopic (exact) mass is 322 g/mol. The van der Waals surface area contributed by atoms with Gasteiger partial charge < -0.3 is 10.6 Å². The van der Waals surface area contributed by atoms with E-state index in [2.05, 4.69) is 26.2 Å². The average Bonchev–Trinajstić information content (AvgIpc) is 3.03. The fourth-order valence-electron chi connectivity index (χ4n) is 2.49. The number of tetrazole rings is 1. The van der Waals surface area contributed by atoms with Gasteiger partial charge in [-0.1, -0.05) is 12.1 Å². The molecule has 22 heavy (non-hydrogen) atoms. The van der Waals surface area contributed by atoms with Crippen LogP contribution in [-0.2, 0) is 11.2 Å². The molecular weight excluding hydrogens is 304 g/mol. The van der Waals surface area contributed by atoms with Gasteiger partial charge in [0, 0.05) is 12.6 Å². The molecule has 0 bridgehead atoms. The number of piperidine rings is 1. The normalized spacial score (nSPS) is 17.5. The van der Waals surface area contributed by atoms with Crippen LogP contribution in [0.5, 0.6) is 0 Å². The largest absolute Gasteiger partial charge is 0.352 e. The molecular formula is C14H19ClN6O. The zero-order valence-corrected chi connectivity index (χ0v) is 12.9. The molecule has 1 aromatic carbocycles. The highest BCUT2D eigenvalue weighted by atomic mass is 35.5. The summed E-state index contributed by atoms with van der Waals surface area (Å²) in [7, 11) is 0. The topological polar surface area (TPSA) is 84.7 Å². The van der Waals surface area contributed by atoms with Crippen molar-refractivity contribution in [2.45, 2.75) is 25.3 Å². The minimum absolute atomic E-state index is 0. The number of benzene rings is 1. The second-order valence-electron chi connectivity index (χ2n) is 5.21. The lowest BCUT2D eigenvalue weighted by molar-refractivity contribution is -0.121. The molecule has 3 rings (SSSR count). The van der Waals surface area contributed by atoms with E-state index in [0.717, 1.165) is 37.2 Å². The predicted octanol–water partition coefficient (Wildman–Crippen LogP) is 0.495. The molecule has 2 aromatic rings. The highest BCUT2D eigenvalue weighted by molar-refractivity contribution is 5.85. The fourth-order valence-corrected chi connectivity index (χ4v) is 2.49. The molecule has 1 fully saturated rings. The number of nitrogens with one attached hydrogen (secondary N) is 2. The molecule has 1 saturated heterocycles. The molecule has 1 amide bonds. The van der Waals surface area contributed by atoms with Gasteiger partial charge in [0.25, 0.3) is 0 Å². The average molecular weight is 323 g/mol. The smallest absolute Gasteiger partial charge is 0.224 e. The molecule has 2 N–H and O–H groups in total. The van der Waals surface area contributed by atoms with Crippen LogP contribution in [0.15, 0.2) is 30.6 Å². The number of amides is 1. The van der Waals surface area contributed by atoms with E-state index in [-0.39, 0.29) is 24.4 Å². The van der Waals surface area contributed by atoms with Crippen LogP contribution in [0.3, 0.4) is 0 Å². The first kappa shape index (κ1) is 16.4. The van der Waals surface area contributed by atoms with E-state index in [4.69, 9.17) is 0 Å². The quantitative estimate of drug-likeness (QED) is 0.856. The van der Waals surface area contributed by atoms with Gasteiger partial charge in [-0.15, -0.1) is 17.5 Å². The summed E-state index contributed by atoms with van der Waals surface area (Å²) in [5.74, 6) is 0.0684. The van der Waals surface area contributed by atoms with Crippen LogP contribution in [0.1, 0.15) is 18.4 Å². The highest BCUT2D eigenvalue weighted by Gasteiger charge is 2.15. The second-order valence-corrected chi connectivity index (χ2v) is 5.21. The van der Waals surface area contributed by atoms with Crippen LogP contribution in [0.2, 0.25) is 0 Å². The van der Waals surface area contributed by atoms with Gasteiger partial charge in [-0.05, 0) is 47.5 Å². The molecule has 1 aliphatic heterocycles. The first-order chi connectivity index (χ1) is 10.3. The summed E-state index contributed by atoms with van der Waals surface area (Å²) in [5.41, 5.74) is 1.86. The third-order valence-electron chi connectivity index (χ3n) is 3.58. The predicted molar refractivity (Wildman–Crippen MR) is 84.1 cm³/mol. The first-order valence-corrected chi connectivity index (χ1v) is 7.13. The van der Waals surface area contributed by atoms with Crippen LogP contribution >= 0.6 is 12.4 Å². The summed E-state index contributed by atoms with van der Waals surface area (Å²) in [4.78, 5) is 12.0. The van der Waals surface area contributed by atoms with Crippen molar-refractivity contribution in [3.63, 3.8) is 0 Å². The van der Waals surface area contributed by atoms with E-state index in [0.29, 0.717) is 6.42 Å². The number of carbonyl (C=O) groups excluding carboxylic acids is 1. The molecule has 7 nitrogen and oxygen atoms in total. The van der Waals surface area contributed by atoms with Crippen molar-refractivity contribution in [3.05, 3.63) is 36.2 Å². The molecule has 0 spiro atoms. The third-order valence-corrected chi connectivity index (χ3v) is 3.58. The summed E-state index contributed by atoms with van der Waals surface area (Å²) in [6.45, 7) is 1.91. The van der Waals surface area contributed by atoms with E-state index in [1.807, 2.05) is 24.3 Å². The van der Waals surface area contributed by atoms with Gasteiger partial charge in [0.2, 0.25) is 5.91 Å². The Morgan fingerprint density at radius 1 is 1.36 bits per heavy atom. The zero-order valence-electron chi connectivity index (χ0n) is 12.1. The lowest BCUT2D eigenvalue weighted by atomic mass is 10.1. The molecule has 0 aliphatic carbocycles. The first-order valence-electron chi connectivity index (χ1n) is 7.13. The van der Waals surface area contributed by atoms with Crippen molar-refractivity contribution in [3.8, 4) is 5.69 Å². The van der Waals surface area contributed by atoms with E-state index < -0.39 is 0 Å². The minimum atomic E-state index is 0. The van der Waals surface area contributed by atoms with Crippen molar-refractivity contribution >= 4 is 18.3 Å². The number of aromatic nitrogens is 4. The number of nitrogens with zero attached hydrogens (tertiary/aromatic N) is 4. The number of hydrogen-bond donors (Lipinski definition) is 2. The van der Waals surface area contributed by atoms with Crippen LogP contribution in [0.4, 0.5) is 0 Å². The number of carbonyl (C=O) groups is 1. The molecule has 118 valence electrons. The molecule has 1 aromatic heterocycles. The molecule has 8 heteroatoms. The Labute approximate surface area is 134 Å². The Morgan fingerprint density at radius 3 is 2.82 bits per heavy atom. The fraction of sp³-hybridized carbons (Fsp3) is 0.429. The summed E-state index contributed by atoms with van der Waals surface area (Å²) in [5, 5.41) is 17.4. The van der Waals surface area contributed by atoms with Gasteiger partial charge >= 0.3 is 0 Å². The van der Waals surface area contributed by atoms with Crippen molar-refractivity contribution in [1.29, 1.82) is 0 Å². The molecule has 0 saturated carbocycles. The van der Waals surface area contributed by atoms with Crippen LogP contribution < -0.4 is 10.6 Å². The highest BCUT2D eigenvalue weighted by Crippen LogP contribution is 2.09. The maximum atomic E-state index is 12.0. The lowest BCUT2D eigenvalue weighted by Gasteiger charge is -2.23. The summed E-state index contributed by atoms with van der Waals surface area (Å²) >= 11 is 0. The Balaban J connectivity index is 0.00000176. The zero-order chi connectivity index (χ0) is 14.5. The maximum Gasteiger partial charge on any atom is 0.224 e. The van der Waals surface area contributed by atoms with Gasteiger partial charge in [0.1, 0.15) is 6.33 Å². The Bertz CT molecular complexity index is 580. The molecule has 1 atom stereocenters. The lowest BCUT2D eigenvalue weighted by Crippen LogP contribution is -2.46. The van der Waals surface area contributed by atoms with Crippen molar-refractivity contribution < 1.29 is 4.79 Å². The number of hydrogen-bond acceptors (Lipinski definition) is 5. The minimum Gasteiger partial charge on any atom is -0.352 e. The summed E-state index contributed by atoms with van der Waals surface area (Å²) in [6.07, 6.45) is 4.10. The van der Waals surface area contributed by atoms with E-state index in [9.17, 15) is 4.79 Å². The standard InChI is InChI=1S/C14H18N6O.ClH/c21-14(17-12-2-1-7-15-9-12)8-11-3-5-13(6-4-11)20-10-16-18-19-20;/h3-6,10,12,15H,1-2,7-9H2,(H,17,21);1H. The molecule has 2 heterocycles. The van der Waals surface area contributed by atoms with Crippen LogP contribution in [0, 0.1) is 0 Å². The Hall–Kier alpha value is -1.99. The van der Waals surface area contributed by atoms with Crippen LogP contribution in [0.25, 0.3) is 5.69 Å². The van der Waals surface area contributed by atoms with Gasteiger partial charge in [0.15, 0.2) is 0 Å². The third kappa shape index (κ3) is 4.25. The van der Waals surface area contributed by atoms with Crippen molar-refractivity contribution in [2.75, 3.05) is 13.1 Å². The van der Waals surface area contributed by atoms with Crippen molar-refractivity contribution in [2.24, 2.45) is 0 Å². The number of rotatable bonds is 4. The number of halogens is 1. The van der Waals surface area contributed by atoms with Gasteiger partial charge in [0.05, 0.1) is 12.1 Å². The molecule has 1 unspecified atom stereocenters. The Morgan fingerprint density at radius 2 is 2.18 bits per heavy atom. The van der Waals surface area contributed by atoms with Crippen LogP contribution in [-0.4, -0.2) is 45.2 Å². The van der Waals surface area contributed by atoms with Crippen molar-refractivity contribution in [1.82, 2.24) is 30.8 Å². The molecule has 1 aliphatic rings. The van der Waals surface area contributed by atoms with E-state index in [1.54, 1.807) is 4.68 Å². The van der Waals surface area contributed by atoms with Gasteiger partial charge in [-0.2, -0.15) is 0 Å². The summed E-state index contributed by atoms with van der Waals surface area (Å²) in [6, 6.07) is 7.92. The second kappa shape index (κ2) is 7.86. The van der Waals surface area contributed by atoms with Gasteiger partial charge in [-0.3, -0.25) is 4.79 Å². The maximum absolute atomic E-state index is 12.0. The summed E-state index contributed by atoms with van der Waals surface area (Å²) < 4.78 is 1.58. The van der Waals surface area contributed by atoms with Gasteiger partial charge in [-0.25, -0.2) is 4.68 Å². The van der Waals surface area contributed by atoms with E-state index >= 15 is 0 Å². The van der Waals surface area contributed by atoms with E-state index in [1.165, 1.54) is 6.33 Å². The Kier molecular flexibility index (Phi) is 5.85.